The van der Waals surface area contributed by atoms with Crippen LogP contribution < -0.4 is 10.2 Å². The number of carbonyl (C=O) groups excluding carboxylic acids is 1. The Morgan fingerprint density at radius 1 is 0.586 bits per heavy atom. The summed E-state index contributed by atoms with van der Waals surface area (Å²) in [6.07, 6.45) is 49.7. The normalized spacial score (nSPS) is 14.4. The molecule has 0 radical (unpaired) electrons. The van der Waals surface area contributed by atoms with E-state index >= 15 is 0 Å². The number of allylic oxidation sites excluding steroid dienone is 3. The van der Waals surface area contributed by atoms with Crippen LogP contribution in [0.3, 0.4) is 0 Å². The molecule has 0 aromatic heterocycles. The van der Waals surface area contributed by atoms with Crippen LogP contribution in [0.25, 0.3) is 0 Å². The number of hydrogen-bond donors (Lipinski definition) is 2. The Balaban J connectivity index is 4.10. The van der Waals surface area contributed by atoms with Gasteiger partial charge < -0.3 is 28.8 Å². The molecule has 0 rings (SSSR count). The molecule has 0 aliphatic rings. The number of nitrogens with zero attached hydrogens (tertiary/aromatic N) is 1. The average Bonchev–Trinajstić information content (AvgIpc) is 3.17. The van der Waals surface area contributed by atoms with Crippen molar-refractivity contribution in [2.75, 3.05) is 40.9 Å². The average molecular weight is 841 g/mol. The summed E-state index contributed by atoms with van der Waals surface area (Å²) in [4.78, 5) is 25.3. The van der Waals surface area contributed by atoms with Gasteiger partial charge in [0.05, 0.1) is 39.9 Å². The first kappa shape index (κ1) is 57.0. The number of amides is 1. The van der Waals surface area contributed by atoms with Crippen molar-refractivity contribution in [2.45, 2.75) is 244 Å². The minimum absolute atomic E-state index is 0.00447. The molecule has 0 aromatic rings. The van der Waals surface area contributed by atoms with E-state index in [1.54, 1.807) is 6.08 Å². The Bertz CT molecular complexity index is 1000. The first-order valence-electron chi connectivity index (χ1n) is 24.7. The molecule has 9 heteroatoms. The number of aliphatic hydroxyl groups is 1. The van der Waals surface area contributed by atoms with Crippen LogP contribution in [0, 0.1) is 0 Å². The number of likely N-dealkylation sites (N-methyl/N-ethyl adjacent to an activating group) is 1. The van der Waals surface area contributed by atoms with E-state index in [9.17, 15) is 19.4 Å². The molecule has 3 unspecified atom stereocenters. The predicted octanol–water partition coefficient (Wildman–Crippen LogP) is 13.5. The van der Waals surface area contributed by atoms with Gasteiger partial charge in [0, 0.05) is 6.42 Å². The number of phosphoric acid groups is 1. The van der Waals surface area contributed by atoms with E-state index in [-0.39, 0.29) is 19.1 Å². The molecule has 0 saturated carbocycles. The lowest BCUT2D eigenvalue weighted by Crippen LogP contribution is -2.45. The molecule has 0 fully saturated rings. The van der Waals surface area contributed by atoms with Crippen LogP contribution in [-0.4, -0.2) is 68.5 Å². The van der Waals surface area contributed by atoms with Gasteiger partial charge in [-0.3, -0.25) is 9.36 Å². The molecule has 0 heterocycles. The fraction of sp³-hybridized carbons (Fsp3) is 0.898. The summed E-state index contributed by atoms with van der Waals surface area (Å²) in [5, 5.41) is 13.7. The maximum Gasteiger partial charge on any atom is 0.268 e. The quantitative estimate of drug-likeness (QED) is 0.0274. The maximum absolute atomic E-state index is 12.9. The third-order valence-electron chi connectivity index (χ3n) is 11.2. The first-order valence-corrected chi connectivity index (χ1v) is 26.2. The van der Waals surface area contributed by atoms with Gasteiger partial charge in [-0.25, -0.2) is 0 Å². The molecular formula is C49H97N2O6P. The van der Waals surface area contributed by atoms with E-state index in [2.05, 4.69) is 31.3 Å². The second kappa shape index (κ2) is 41.3. The summed E-state index contributed by atoms with van der Waals surface area (Å²) < 4.78 is 23.2. The van der Waals surface area contributed by atoms with Crippen LogP contribution in [0.4, 0.5) is 0 Å². The zero-order valence-electron chi connectivity index (χ0n) is 39.0. The molecule has 1 amide bonds. The van der Waals surface area contributed by atoms with Gasteiger partial charge in [0.25, 0.3) is 7.82 Å². The van der Waals surface area contributed by atoms with E-state index < -0.39 is 20.0 Å². The van der Waals surface area contributed by atoms with Gasteiger partial charge in [-0.2, -0.15) is 0 Å². The minimum Gasteiger partial charge on any atom is -0.756 e. The van der Waals surface area contributed by atoms with Crippen molar-refractivity contribution in [3.05, 3.63) is 24.3 Å². The highest BCUT2D eigenvalue weighted by Gasteiger charge is 2.23. The van der Waals surface area contributed by atoms with Gasteiger partial charge in [-0.15, -0.1) is 0 Å². The second-order valence-electron chi connectivity index (χ2n) is 18.2. The summed E-state index contributed by atoms with van der Waals surface area (Å²) in [6, 6.07) is -0.897. The van der Waals surface area contributed by atoms with Crippen LogP contribution >= 0.6 is 7.82 Å². The maximum atomic E-state index is 12.9. The summed E-state index contributed by atoms with van der Waals surface area (Å²) in [7, 11) is 1.25. The summed E-state index contributed by atoms with van der Waals surface area (Å²) >= 11 is 0. The number of quaternary nitrogens is 1. The van der Waals surface area contributed by atoms with Gasteiger partial charge in [-0.05, 0) is 32.1 Å². The number of phosphoric ester groups is 1. The van der Waals surface area contributed by atoms with Crippen molar-refractivity contribution < 1.29 is 32.9 Å². The summed E-state index contributed by atoms with van der Waals surface area (Å²) in [5.41, 5.74) is 0. The molecule has 3 atom stereocenters. The molecule has 0 saturated heterocycles. The van der Waals surface area contributed by atoms with E-state index in [0.29, 0.717) is 17.4 Å². The molecule has 0 aromatic carbocycles. The van der Waals surface area contributed by atoms with E-state index in [0.717, 1.165) is 38.5 Å². The van der Waals surface area contributed by atoms with Crippen molar-refractivity contribution in [3.8, 4) is 0 Å². The lowest BCUT2D eigenvalue weighted by atomic mass is 10.0. The van der Waals surface area contributed by atoms with E-state index in [4.69, 9.17) is 9.05 Å². The molecule has 0 aliphatic carbocycles. The largest absolute Gasteiger partial charge is 0.756 e. The number of aliphatic hydroxyl groups excluding tert-OH is 1. The highest BCUT2D eigenvalue weighted by atomic mass is 31.2. The second-order valence-corrected chi connectivity index (χ2v) is 19.6. The Kier molecular flexibility index (Phi) is 40.6. The zero-order valence-corrected chi connectivity index (χ0v) is 39.9. The summed E-state index contributed by atoms with van der Waals surface area (Å²) in [6.45, 7) is 4.60. The molecule has 0 bridgehead atoms. The van der Waals surface area contributed by atoms with Crippen LogP contribution in [0.2, 0.25) is 0 Å². The topological polar surface area (TPSA) is 108 Å². The molecule has 0 spiro atoms. The van der Waals surface area contributed by atoms with Crippen molar-refractivity contribution in [3.63, 3.8) is 0 Å². The Morgan fingerprint density at radius 3 is 1.40 bits per heavy atom. The molecule has 344 valence electrons. The number of rotatable bonds is 45. The highest BCUT2D eigenvalue weighted by molar-refractivity contribution is 7.45. The van der Waals surface area contributed by atoms with Crippen LogP contribution in [-0.2, 0) is 18.4 Å². The number of hydrogen-bond acceptors (Lipinski definition) is 6. The Hall–Kier alpha value is -1.02. The van der Waals surface area contributed by atoms with Crippen LogP contribution in [0.1, 0.15) is 232 Å². The third-order valence-corrected chi connectivity index (χ3v) is 12.1. The SMILES string of the molecule is CCCCCC/C=C/CC/C=C/C(O)C(COP(=O)([O-])OCC[N+](C)(C)C)NC(=O)CCCCCCCCCCCCCCCCCCCCCCCCCCCC. The van der Waals surface area contributed by atoms with Gasteiger partial charge in [-0.1, -0.05) is 218 Å². The molecular weight excluding hydrogens is 744 g/mol. The lowest BCUT2D eigenvalue weighted by Gasteiger charge is -2.29. The molecule has 2 N–H and O–H groups in total. The van der Waals surface area contributed by atoms with Gasteiger partial charge in [0.2, 0.25) is 5.91 Å². The van der Waals surface area contributed by atoms with Gasteiger partial charge >= 0.3 is 0 Å². The Morgan fingerprint density at radius 2 is 0.966 bits per heavy atom. The van der Waals surface area contributed by atoms with E-state index in [1.165, 1.54) is 173 Å². The summed E-state index contributed by atoms with van der Waals surface area (Å²) in [5.74, 6) is -0.205. The number of nitrogens with one attached hydrogen (secondary N) is 1. The lowest BCUT2D eigenvalue weighted by molar-refractivity contribution is -0.870. The third kappa shape index (κ3) is 43.1. The van der Waals surface area contributed by atoms with Gasteiger partial charge in [0.1, 0.15) is 13.2 Å². The predicted molar refractivity (Wildman–Crippen MR) is 247 cm³/mol. The molecule has 0 aliphatic heterocycles. The van der Waals surface area contributed by atoms with Crippen molar-refractivity contribution in [1.29, 1.82) is 0 Å². The highest BCUT2D eigenvalue weighted by Crippen LogP contribution is 2.38. The molecule has 58 heavy (non-hydrogen) atoms. The smallest absolute Gasteiger partial charge is 0.268 e. The van der Waals surface area contributed by atoms with Crippen molar-refractivity contribution in [2.24, 2.45) is 0 Å². The minimum atomic E-state index is -4.59. The molecule has 8 nitrogen and oxygen atoms in total. The van der Waals surface area contributed by atoms with Gasteiger partial charge in [0.15, 0.2) is 0 Å². The van der Waals surface area contributed by atoms with Crippen molar-refractivity contribution in [1.82, 2.24) is 5.32 Å². The number of unbranched alkanes of at least 4 members (excludes halogenated alkanes) is 30. The zero-order chi connectivity index (χ0) is 42.8. The van der Waals surface area contributed by atoms with E-state index in [1.807, 2.05) is 27.2 Å². The monoisotopic (exact) mass is 841 g/mol. The first-order chi connectivity index (χ1) is 28.0. The van der Waals surface area contributed by atoms with Crippen LogP contribution in [0.15, 0.2) is 24.3 Å². The fourth-order valence-corrected chi connectivity index (χ4v) is 7.95. The Labute approximate surface area is 360 Å². The van der Waals surface area contributed by atoms with Crippen LogP contribution in [0.5, 0.6) is 0 Å². The standard InChI is InChI=1S/C49H97N2O6P/c1-6-8-10-12-14-16-18-19-20-21-22-23-24-25-26-27-28-29-30-31-32-33-35-37-39-41-43-49(53)50-47(46-57-58(54,55)56-45-44-51(3,4)5)48(52)42-40-38-36-34-17-15-13-11-9-7-2/h17,34,40,42,47-48,52H,6-16,18-33,35-39,41,43-46H2,1-5H3,(H-,50,53,54,55)/b34-17+,42-40+. The fourth-order valence-electron chi connectivity index (χ4n) is 7.23. The van der Waals surface area contributed by atoms with Crippen molar-refractivity contribution >= 4 is 13.7 Å². The number of carbonyl (C=O) groups is 1.